The second kappa shape index (κ2) is 6.96. The number of pyridine rings is 1. The van der Waals surface area contributed by atoms with Crippen molar-refractivity contribution in [2.45, 2.75) is 32.1 Å². The number of aromatic nitrogens is 1. The van der Waals surface area contributed by atoms with Gasteiger partial charge in [0.25, 0.3) is 10.0 Å². The van der Waals surface area contributed by atoms with Crippen LogP contribution in [0.3, 0.4) is 0 Å². The van der Waals surface area contributed by atoms with Crippen LogP contribution in [0.15, 0.2) is 53.4 Å². The molecule has 5 nitrogen and oxygen atoms in total. The van der Waals surface area contributed by atoms with Gasteiger partial charge in [-0.1, -0.05) is 37.6 Å². The van der Waals surface area contributed by atoms with E-state index in [1.807, 2.05) is 19.1 Å². The Balaban J connectivity index is 2.06. The third-order valence-electron chi connectivity index (χ3n) is 4.03. The lowest BCUT2D eigenvalue weighted by molar-refractivity contribution is 0.476. The lowest BCUT2D eigenvalue weighted by atomic mass is 10.1. The third-order valence-corrected chi connectivity index (χ3v) is 5.41. The minimum absolute atomic E-state index is 0.0162. The molecule has 2 N–H and O–H groups in total. The van der Waals surface area contributed by atoms with E-state index in [2.05, 4.69) is 23.6 Å². The van der Waals surface area contributed by atoms with Gasteiger partial charge >= 0.3 is 0 Å². The summed E-state index contributed by atoms with van der Waals surface area (Å²) < 4.78 is 28.0. The van der Waals surface area contributed by atoms with E-state index in [0.717, 1.165) is 17.7 Å². The molecule has 0 spiro atoms. The van der Waals surface area contributed by atoms with Gasteiger partial charge in [-0.2, -0.15) is 0 Å². The number of aromatic hydroxyl groups is 1. The van der Waals surface area contributed by atoms with Crippen molar-refractivity contribution in [1.29, 1.82) is 0 Å². The number of sulfonamides is 1. The molecule has 0 saturated heterocycles. The van der Waals surface area contributed by atoms with Crippen LogP contribution in [-0.4, -0.2) is 18.5 Å². The van der Waals surface area contributed by atoms with Crippen molar-refractivity contribution in [2.75, 3.05) is 4.72 Å². The van der Waals surface area contributed by atoms with Crippen LogP contribution < -0.4 is 4.72 Å². The van der Waals surface area contributed by atoms with E-state index in [1.165, 1.54) is 6.07 Å². The smallest absolute Gasteiger partial charge is 0.261 e. The zero-order valence-corrected chi connectivity index (χ0v) is 15.8. The number of anilines is 1. The standard InChI is InChI=1S/C20H22N2O3S/c1-13(2)10-16-7-6-15-11-17(23)12-19(20(15)21-16)22-26(24,25)18-8-4-14(3)5-9-18/h4-9,11-13,22-23H,10H2,1-3H3. The van der Waals surface area contributed by atoms with Crippen LogP contribution >= 0.6 is 0 Å². The molecule has 0 radical (unpaired) electrons. The summed E-state index contributed by atoms with van der Waals surface area (Å²) in [6.07, 6.45) is 0.793. The zero-order valence-electron chi connectivity index (χ0n) is 15.0. The van der Waals surface area contributed by atoms with E-state index in [1.54, 1.807) is 30.3 Å². The average molecular weight is 370 g/mol. The van der Waals surface area contributed by atoms with Gasteiger partial charge in [-0.3, -0.25) is 9.71 Å². The van der Waals surface area contributed by atoms with Crippen LogP contribution in [0, 0.1) is 12.8 Å². The molecule has 0 atom stereocenters. The van der Waals surface area contributed by atoms with Crippen molar-refractivity contribution in [3.05, 3.63) is 59.8 Å². The predicted molar refractivity (Wildman–Crippen MR) is 104 cm³/mol. The highest BCUT2D eigenvalue weighted by Gasteiger charge is 2.17. The second-order valence-electron chi connectivity index (χ2n) is 6.88. The Morgan fingerprint density at radius 2 is 1.77 bits per heavy atom. The van der Waals surface area contributed by atoms with E-state index in [9.17, 15) is 13.5 Å². The molecule has 26 heavy (non-hydrogen) atoms. The number of nitrogens with zero attached hydrogens (tertiary/aromatic N) is 1. The molecular weight excluding hydrogens is 348 g/mol. The number of aryl methyl sites for hydroxylation is 1. The first kappa shape index (κ1) is 18.2. The van der Waals surface area contributed by atoms with Gasteiger partial charge < -0.3 is 5.11 Å². The second-order valence-corrected chi connectivity index (χ2v) is 8.57. The monoisotopic (exact) mass is 370 g/mol. The molecule has 0 aliphatic carbocycles. The summed E-state index contributed by atoms with van der Waals surface area (Å²) in [6.45, 7) is 6.10. The van der Waals surface area contributed by atoms with Crippen LogP contribution in [0.4, 0.5) is 5.69 Å². The topological polar surface area (TPSA) is 79.3 Å². The van der Waals surface area contributed by atoms with Gasteiger partial charge in [0.1, 0.15) is 5.75 Å². The minimum atomic E-state index is -3.78. The Morgan fingerprint density at radius 1 is 1.08 bits per heavy atom. The summed E-state index contributed by atoms with van der Waals surface area (Å²) in [5.74, 6) is 0.419. The largest absolute Gasteiger partial charge is 0.508 e. The lowest BCUT2D eigenvalue weighted by Gasteiger charge is -2.13. The maximum atomic E-state index is 12.7. The third kappa shape index (κ3) is 3.96. The Morgan fingerprint density at radius 3 is 2.42 bits per heavy atom. The van der Waals surface area contributed by atoms with Crippen molar-refractivity contribution < 1.29 is 13.5 Å². The highest BCUT2D eigenvalue weighted by molar-refractivity contribution is 7.92. The summed E-state index contributed by atoms with van der Waals surface area (Å²) >= 11 is 0. The summed E-state index contributed by atoms with van der Waals surface area (Å²) in [4.78, 5) is 4.78. The quantitative estimate of drug-likeness (QED) is 0.704. The van der Waals surface area contributed by atoms with Crippen molar-refractivity contribution in [2.24, 2.45) is 5.92 Å². The van der Waals surface area contributed by atoms with Gasteiger partial charge in [0, 0.05) is 17.1 Å². The van der Waals surface area contributed by atoms with E-state index in [4.69, 9.17) is 0 Å². The molecule has 1 heterocycles. The molecule has 3 aromatic rings. The first-order chi connectivity index (χ1) is 12.2. The highest BCUT2D eigenvalue weighted by Crippen LogP contribution is 2.30. The van der Waals surface area contributed by atoms with Crippen LogP contribution in [0.1, 0.15) is 25.1 Å². The fourth-order valence-corrected chi connectivity index (χ4v) is 3.85. The number of fused-ring (bicyclic) bond motifs is 1. The van der Waals surface area contributed by atoms with Crippen LogP contribution in [-0.2, 0) is 16.4 Å². The fraction of sp³-hybridized carbons (Fsp3) is 0.250. The van der Waals surface area contributed by atoms with E-state index in [0.29, 0.717) is 16.8 Å². The number of hydrogen-bond donors (Lipinski definition) is 2. The summed E-state index contributed by atoms with van der Waals surface area (Å²) in [7, 11) is -3.78. The Kier molecular flexibility index (Phi) is 4.87. The lowest BCUT2D eigenvalue weighted by Crippen LogP contribution is -2.13. The molecule has 0 saturated carbocycles. The number of nitrogens with one attached hydrogen (secondary N) is 1. The van der Waals surface area contributed by atoms with Crippen LogP contribution in [0.5, 0.6) is 5.75 Å². The maximum Gasteiger partial charge on any atom is 0.261 e. The van der Waals surface area contributed by atoms with Gasteiger partial charge in [-0.05, 0) is 43.5 Å². The van der Waals surface area contributed by atoms with Gasteiger partial charge in [0.2, 0.25) is 0 Å². The molecule has 0 fully saturated rings. The minimum Gasteiger partial charge on any atom is -0.508 e. The predicted octanol–water partition coefficient (Wildman–Crippen LogP) is 4.25. The molecule has 0 bridgehead atoms. The molecule has 0 amide bonds. The highest BCUT2D eigenvalue weighted by atomic mass is 32.2. The molecule has 136 valence electrons. The number of benzene rings is 2. The number of phenolic OH excluding ortho intramolecular Hbond substituents is 1. The SMILES string of the molecule is Cc1ccc(S(=O)(=O)Nc2cc(O)cc3ccc(CC(C)C)nc23)cc1. The fourth-order valence-electron chi connectivity index (χ4n) is 2.79. The molecular formula is C20H22N2O3S. The first-order valence-electron chi connectivity index (χ1n) is 8.47. The Hall–Kier alpha value is -2.60. The van der Waals surface area contributed by atoms with Crippen LogP contribution in [0.2, 0.25) is 0 Å². The van der Waals surface area contributed by atoms with Gasteiger partial charge in [-0.25, -0.2) is 8.42 Å². The summed E-state index contributed by atoms with van der Waals surface area (Å²) in [5.41, 5.74) is 2.66. The maximum absolute atomic E-state index is 12.7. The van der Waals surface area contributed by atoms with Gasteiger partial charge in [-0.15, -0.1) is 0 Å². The van der Waals surface area contributed by atoms with E-state index >= 15 is 0 Å². The number of phenols is 1. The van der Waals surface area contributed by atoms with Gasteiger partial charge in [0.05, 0.1) is 16.1 Å². The molecule has 0 aliphatic rings. The van der Waals surface area contributed by atoms with Crippen molar-refractivity contribution >= 4 is 26.6 Å². The molecule has 0 aliphatic heterocycles. The molecule has 3 rings (SSSR count). The summed E-state index contributed by atoms with van der Waals surface area (Å²) in [5, 5.41) is 10.6. The number of hydrogen-bond acceptors (Lipinski definition) is 4. The van der Waals surface area contributed by atoms with Gasteiger partial charge in [0.15, 0.2) is 0 Å². The Labute approximate surface area is 153 Å². The molecule has 6 heteroatoms. The zero-order chi connectivity index (χ0) is 18.9. The van der Waals surface area contributed by atoms with E-state index in [-0.39, 0.29) is 16.3 Å². The normalized spacial score (nSPS) is 11.8. The summed E-state index contributed by atoms with van der Waals surface area (Å²) in [6, 6.07) is 13.3. The number of rotatable bonds is 5. The van der Waals surface area contributed by atoms with Crippen LogP contribution in [0.25, 0.3) is 10.9 Å². The first-order valence-corrected chi connectivity index (χ1v) is 9.95. The molecule has 1 aromatic heterocycles. The Bertz CT molecular complexity index is 1040. The molecule has 2 aromatic carbocycles. The molecule has 0 unspecified atom stereocenters. The van der Waals surface area contributed by atoms with E-state index < -0.39 is 10.0 Å². The average Bonchev–Trinajstić information content (AvgIpc) is 2.55. The van der Waals surface area contributed by atoms with Crippen molar-refractivity contribution in [3.63, 3.8) is 0 Å². The van der Waals surface area contributed by atoms with Crippen molar-refractivity contribution in [3.8, 4) is 5.75 Å². The van der Waals surface area contributed by atoms with Crippen molar-refractivity contribution in [1.82, 2.24) is 4.98 Å².